The highest BCUT2D eigenvalue weighted by Crippen LogP contribution is 2.44. The number of aromatic amines is 1. The first-order valence-corrected chi connectivity index (χ1v) is 4.31. The average Bonchev–Trinajstić information content (AvgIpc) is 2.80. The van der Waals surface area contributed by atoms with Crippen molar-refractivity contribution in [1.29, 1.82) is 0 Å². The Morgan fingerprint density at radius 3 is 2.77 bits per heavy atom. The molecule has 1 aromatic rings. The first-order chi connectivity index (χ1) is 6.15. The first-order valence-electron chi connectivity index (χ1n) is 4.31. The molecule has 1 saturated carbocycles. The lowest BCUT2D eigenvalue weighted by Gasteiger charge is -2.23. The van der Waals surface area contributed by atoms with Gasteiger partial charge >= 0.3 is 5.97 Å². The third-order valence-corrected chi connectivity index (χ3v) is 2.65. The zero-order chi connectivity index (χ0) is 9.47. The van der Waals surface area contributed by atoms with Crippen LogP contribution in [0.3, 0.4) is 0 Å². The molecule has 0 aromatic carbocycles. The lowest BCUT2D eigenvalue weighted by molar-refractivity contribution is -0.144. The van der Waals surface area contributed by atoms with Crippen molar-refractivity contribution < 1.29 is 9.90 Å². The Hall–Kier alpha value is -1.29. The van der Waals surface area contributed by atoms with Crippen molar-refractivity contribution in [2.45, 2.75) is 18.4 Å². The van der Waals surface area contributed by atoms with E-state index in [0.717, 1.165) is 12.8 Å². The minimum atomic E-state index is -1.18. The smallest absolute Gasteiger partial charge is 0.328 e. The van der Waals surface area contributed by atoms with Crippen LogP contribution in [0.2, 0.25) is 0 Å². The van der Waals surface area contributed by atoms with E-state index in [9.17, 15) is 4.79 Å². The van der Waals surface area contributed by atoms with Crippen LogP contribution in [0.15, 0.2) is 18.5 Å². The number of nitrogens with one attached hydrogen (secondary N) is 1. The number of nitrogens with two attached hydrogens (primary N) is 1. The van der Waals surface area contributed by atoms with Gasteiger partial charge in [-0.05, 0) is 24.8 Å². The molecule has 0 bridgehead atoms. The zero-order valence-electron chi connectivity index (χ0n) is 7.16. The molecule has 0 amide bonds. The third kappa shape index (κ3) is 1.14. The van der Waals surface area contributed by atoms with Crippen LogP contribution in [0.1, 0.15) is 18.4 Å². The lowest BCUT2D eigenvalue weighted by atomic mass is 9.88. The summed E-state index contributed by atoms with van der Waals surface area (Å²) in [5.41, 5.74) is 5.38. The predicted molar refractivity (Wildman–Crippen MR) is 47.0 cm³/mol. The maximum Gasteiger partial charge on any atom is 0.328 e. The average molecular weight is 180 g/mol. The van der Waals surface area contributed by atoms with E-state index in [1.165, 1.54) is 0 Å². The molecule has 0 aliphatic heterocycles. The number of aliphatic carboxylic acids is 1. The van der Waals surface area contributed by atoms with Gasteiger partial charge in [0.2, 0.25) is 0 Å². The van der Waals surface area contributed by atoms with Crippen LogP contribution < -0.4 is 5.73 Å². The van der Waals surface area contributed by atoms with Crippen molar-refractivity contribution in [2.24, 2.45) is 11.7 Å². The summed E-state index contributed by atoms with van der Waals surface area (Å²) in [6.07, 6.45) is 5.18. The minimum Gasteiger partial charge on any atom is -0.480 e. The molecule has 0 saturated heterocycles. The second-order valence-electron chi connectivity index (χ2n) is 3.55. The van der Waals surface area contributed by atoms with Gasteiger partial charge in [-0.25, -0.2) is 4.79 Å². The van der Waals surface area contributed by atoms with Crippen molar-refractivity contribution in [3.63, 3.8) is 0 Å². The van der Waals surface area contributed by atoms with Gasteiger partial charge in [0.25, 0.3) is 0 Å². The molecule has 2 rings (SSSR count). The molecule has 0 spiro atoms. The van der Waals surface area contributed by atoms with Crippen LogP contribution in [0, 0.1) is 5.92 Å². The van der Waals surface area contributed by atoms with Crippen LogP contribution in [-0.4, -0.2) is 16.1 Å². The molecule has 0 radical (unpaired) electrons. The summed E-state index contributed by atoms with van der Waals surface area (Å²) in [4.78, 5) is 13.9. The topological polar surface area (TPSA) is 79.1 Å². The summed E-state index contributed by atoms with van der Waals surface area (Å²) in [6.45, 7) is 0. The van der Waals surface area contributed by atoms with Gasteiger partial charge < -0.3 is 15.8 Å². The summed E-state index contributed by atoms with van der Waals surface area (Å²) in [6, 6.07) is 1.73. The van der Waals surface area contributed by atoms with E-state index < -0.39 is 11.5 Å². The summed E-state index contributed by atoms with van der Waals surface area (Å²) in [5, 5.41) is 9.08. The largest absolute Gasteiger partial charge is 0.480 e. The molecule has 1 aliphatic rings. The molecule has 1 aliphatic carbocycles. The molecule has 1 fully saturated rings. The molecule has 70 valence electrons. The van der Waals surface area contributed by atoms with Crippen LogP contribution in [-0.2, 0) is 10.3 Å². The Labute approximate surface area is 75.8 Å². The molecular formula is C9H12N2O2. The standard InChI is InChI=1S/C9H12N2O2/c10-9(8(12)13,6-1-2-6)7-3-4-11-5-7/h3-6,11H,1-2,10H2,(H,12,13). The Balaban J connectivity index is 2.38. The van der Waals surface area contributed by atoms with E-state index >= 15 is 0 Å². The van der Waals surface area contributed by atoms with Crippen molar-refractivity contribution in [3.8, 4) is 0 Å². The van der Waals surface area contributed by atoms with Gasteiger partial charge in [-0.15, -0.1) is 0 Å². The Bertz CT molecular complexity index is 316. The van der Waals surface area contributed by atoms with Gasteiger partial charge in [0.1, 0.15) is 5.54 Å². The van der Waals surface area contributed by atoms with E-state index in [0.29, 0.717) is 5.56 Å². The van der Waals surface area contributed by atoms with Crippen LogP contribution >= 0.6 is 0 Å². The van der Waals surface area contributed by atoms with Gasteiger partial charge in [-0.3, -0.25) is 0 Å². The highest BCUT2D eigenvalue weighted by Gasteiger charge is 2.49. The van der Waals surface area contributed by atoms with Crippen LogP contribution in [0.5, 0.6) is 0 Å². The number of H-pyrrole nitrogens is 1. The molecule has 4 N–H and O–H groups in total. The predicted octanol–water partition coefficient (Wildman–Crippen LogP) is 0.663. The lowest BCUT2D eigenvalue weighted by Crippen LogP contribution is -2.46. The number of aromatic nitrogens is 1. The zero-order valence-corrected chi connectivity index (χ0v) is 7.16. The molecule has 1 aromatic heterocycles. The van der Waals surface area contributed by atoms with Crippen LogP contribution in [0.25, 0.3) is 0 Å². The molecule has 1 atom stereocenters. The normalized spacial score (nSPS) is 21.0. The van der Waals surface area contributed by atoms with Gasteiger partial charge in [0, 0.05) is 18.0 Å². The van der Waals surface area contributed by atoms with E-state index in [1.807, 2.05) is 0 Å². The highest BCUT2D eigenvalue weighted by atomic mass is 16.4. The fourth-order valence-corrected chi connectivity index (χ4v) is 1.65. The summed E-state index contributed by atoms with van der Waals surface area (Å²) in [7, 11) is 0. The fraction of sp³-hybridized carbons (Fsp3) is 0.444. The number of rotatable bonds is 3. The molecule has 1 unspecified atom stereocenters. The number of carboxylic acid groups (broad SMARTS) is 1. The fourth-order valence-electron chi connectivity index (χ4n) is 1.65. The Morgan fingerprint density at radius 2 is 2.38 bits per heavy atom. The van der Waals surface area contributed by atoms with Gasteiger partial charge in [-0.1, -0.05) is 0 Å². The summed E-state index contributed by atoms with van der Waals surface area (Å²) < 4.78 is 0. The minimum absolute atomic E-state index is 0.0980. The Morgan fingerprint density at radius 1 is 1.69 bits per heavy atom. The second-order valence-corrected chi connectivity index (χ2v) is 3.55. The van der Waals surface area contributed by atoms with E-state index in [2.05, 4.69) is 4.98 Å². The highest BCUT2D eigenvalue weighted by molar-refractivity contribution is 5.81. The second kappa shape index (κ2) is 2.60. The van der Waals surface area contributed by atoms with Crippen molar-refractivity contribution >= 4 is 5.97 Å². The monoisotopic (exact) mass is 180 g/mol. The third-order valence-electron chi connectivity index (χ3n) is 2.65. The van der Waals surface area contributed by atoms with Gasteiger partial charge in [0.15, 0.2) is 0 Å². The molecule has 4 heteroatoms. The number of carboxylic acids is 1. The quantitative estimate of drug-likeness (QED) is 0.639. The SMILES string of the molecule is NC(C(=O)O)(c1cc[nH]c1)C1CC1. The molecule has 13 heavy (non-hydrogen) atoms. The molecule has 4 nitrogen and oxygen atoms in total. The van der Waals surface area contributed by atoms with Gasteiger partial charge in [0.05, 0.1) is 0 Å². The number of hydrogen-bond donors (Lipinski definition) is 3. The summed E-state index contributed by atoms with van der Waals surface area (Å²) in [5.74, 6) is -0.838. The van der Waals surface area contributed by atoms with Crippen molar-refractivity contribution in [2.75, 3.05) is 0 Å². The molecule has 1 heterocycles. The maximum absolute atomic E-state index is 11.1. The van der Waals surface area contributed by atoms with Gasteiger partial charge in [-0.2, -0.15) is 0 Å². The van der Waals surface area contributed by atoms with Crippen LogP contribution in [0.4, 0.5) is 0 Å². The van der Waals surface area contributed by atoms with Crippen molar-refractivity contribution in [3.05, 3.63) is 24.0 Å². The first kappa shape index (κ1) is 8.31. The molecular weight excluding hydrogens is 168 g/mol. The van der Waals surface area contributed by atoms with E-state index in [-0.39, 0.29) is 5.92 Å². The van der Waals surface area contributed by atoms with E-state index in [4.69, 9.17) is 10.8 Å². The summed E-state index contributed by atoms with van der Waals surface area (Å²) >= 11 is 0. The number of hydrogen-bond acceptors (Lipinski definition) is 2. The Kier molecular flexibility index (Phi) is 1.66. The van der Waals surface area contributed by atoms with E-state index in [1.54, 1.807) is 18.5 Å². The number of carbonyl (C=O) groups is 1. The van der Waals surface area contributed by atoms with Crippen molar-refractivity contribution in [1.82, 2.24) is 4.98 Å². The maximum atomic E-state index is 11.1.